The Morgan fingerprint density at radius 2 is 2.24 bits per heavy atom. The summed E-state index contributed by atoms with van der Waals surface area (Å²) in [6.07, 6.45) is 1.04. The van der Waals surface area contributed by atoms with E-state index in [1.165, 1.54) is 6.07 Å². The number of halogens is 1. The van der Waals surface area contributed by atoms with Gasteiger partial charge in [0.05, 0.1) is 5.56 Å². The number of nitrogens with one attached hydrogen (secondary N) is 2. The smallest absolute Gasteiger partial charge is 0.338 e. The summed E-state index contributed by atoms with van der Waals surface area (Å²) in [7, 11) is 2.03. The third kappa shape index (κ3) is 4.16. The summed E-state index contributed by atoms with van der Waals surface area (Å²) in [6, 6.07) is 3.05. The fourth-order valence-electron chi connectivity index (χ4n) is 2.37. The van der Waals surface area contributed by atoms with E-state index in [-0.39, 0.29) is 5.69 Å². The zero-order chi connectivity index (χ0) is 15.4. The number of urea groups is 1. The molecule has 6 nitrogen and oxygen atoms in total. The Morgan fingerprint density at radius 3 is 2.81 bits per heavy atom. The van der Waals surface area contributed by atoms with Gasteiger partial charge in [-0.1, -0.05) is 0 Å². The number of likely N-dealkylation sites (tertiary alicyclic amines) is 1. The number of nitrogens with zero attached hydrogens (tertiary/aromatic N) is 1. The lowest BCUT2D eigenvalue weighted by Gasteiger charge is -2.12. The molecule has 3 N–H and O–H groups in total. The number of anilines is 1. The monoisotopic (exact) mass is 295 g/mol. The molecule has 1 saturated heterocycles. The molecule has 1 atom stereocenters. The van der Waals surface area contributed by atoms with Gasteiger partial charge in [0, 0.05) is 18.8 Å². The van der Waals surface area contributed by atoms with Crippen LogP contribution in [0.15, 0.2) is 18.2 Å². The highest BCUT2D eigenvalue weighted by Gasteiger charge is 2.19. The number of hydrogen-bond donors (Lipinski definition) is 3. The van der Waals surface area contributed by atoms with Crippen LogP contribution in [0.3, 0.4) is 0 Å². The van der Waals surface area contributed by atoms with Gasteiger partial charge in [-0.05, 0) is 44.1 Å². The molecule has 0 bridgehead atoms. The van der Waals surface area contributed by atoms with Gasteiger partial charge >= 0.3 is 12.0 Å². The van der Waals surface area contributed by atoms with Crippen molar-refractivity contribution in [3.8, 4) is 0 Å². The van der Waals surface area contributed by atoms with Crippen LogP contribution < -0.4 is 10.6 Å². The summed E-state index contributed by atoms with van der Waals surface area (Å²) in [4.78, 5) is 24.6. The van der Waals surface area contributed by atoms with E-state index in [0.29, 0.717) is 12.5 Å². The van der Waals surface area contributed by atoms with Crippen molar-refractivity contribution >= 4 is 17.7 Å². The molecule has 1 unspecified atom stereocenters. The van der Waals surface area contributed by atoms with Crippen LogP contribution >= 0.6 is 0 Å². The SMILES string of the molecule is CN1CCC(CNC(=O)Nc2ccc(C(=O)O)c(F)c2)C1. The normalized spacial score (nSPS) is 18.5. The average molecular weight is 295 g/mol. The maximum Gasteiger partial charge on any atom is 0.338 e. The van der Waals surface area contributed by atoms with Crippen molar-refractivity contribution in [3.05, 3.63) is 29.6 Å². The minimum absolute atomic E-state index is 0.221. The summed E-state index contributed by atoms with van der Waals surface area (Å²) < 4.78 is 13.5. The van der Waals surface area contributed by atoms with Crippen molar-refractivity contribution in [2.75, 3.05) is 32.0 Å². The number of benzene rings is 1. The van der Waals surface area contributed by atoms with Crippen molar-refractivity contribution in [2.45, 2.75) is 6.42 Å². The highest BCUT2D eigenvalue weighted by atomic mass is 19.1. The van der Waals surface area contributed by atoms with Crippen molar-refractivity contribution in [2.24, 2.45) is 5.92 Å². The summed E-state index contributed by atoms with van der Waals surface area (Å²) >= 11 is 0. The van der Waals surface area contributed by atoms with Gasteiger partial charge in [-0.3, -0.25) is 0 Å². The van der Waals surface area contributed by atoms with Crippen LogP contribution in [0.2, 0.25) is 0 Å². The van der Waals surface area contributed by atoms with E-state index in [4.69, 9.17) is 5.11 Å². The van der Waals surface area contributed by atoms with Gasteiger partial charge in [-0.2, -0.15) is 0 Å². The number of hydrogen-bond acceptors (Lipinski definition) is 3. The Hall–Kier alpha value is -2.15. The van der Waals surface area contributed by atoms with Gasteiger partial charge in [-0.15, -0.1) is 0 Å². The molecule has 114 valence electrons. The van der Waals surface area contributed by atoms with E-state index < -0.39 is 23.4 Å². The molecule has 1 aromatic rings. The van der Waals surface area contributed by atoms with E-state index in [9.17, 15) is 14.0 Å². The molecular formula is C14H18FN3O3. The Bertz CT molecular complexity index is 550. The van der Waals surface area contributed by atoms with Gasteiger partial charge in [0.15, 0.2) is 0 Å². The molecule has 1 heterocycles. The third-order valence-corrected chi connectivity index (χ3v) is 3.50. The quantitative estimate of drug-likeness (QED) is 0.788. The first kappa shape index (κ1) is 15.2. The van der Waals surface area contributed by atoms with E-state index in [2.05, 4.69) is 15.5 Å². The standard InChI is InChI=1S/C14H18FN3O3/c1-18-5-4-9(8-18)7-16-14(21)17-10-2-3-11(13(19)20)12(15)6-10/h2-3,6,9H,4-5,7-8H2,1H3,(H,19,20)(H2,16,17,21). The number of carboxylic acids is 1. The fourth-order valence-corrected chi connectivity index (χ4v) is 2.37. The third-order valence-electron chi connectivity index (χ3n) is 3.50. The summed E-state index contributed by atoms with van der Waals surface area (Å²) in [6.45, 7) is 2.53. The van der Waals surface area contributed by atoms with Crippen LogP contribution in [0.4, 0.5) is 14.9 Å². The van der Waals surface area contributed by atoms with Crippen molar-refractivity contribution in [3.63, 3.8) is 0 Å². The van der Waals surface area contributed by atoms with Gasteiger partial charge in [-0.25, -0.2) is 14.0 Å². The molecule has 0 aromatic heterocycles. The first-order valence-electron chi connectivity index (χ1n) is 6.72. The van der Waals surface area contributed by atoms with Gasteiger partial charge < -0.3 is 20.6 Å². The summed E-state index contributed by atoms with van der Waals surface area (Å²) in [5.74, 6) is -1.79. The average Bonchev–Trinajstić information content (AvgIpc) is 2.82. The number of carbonyl (C=O) groups is 2. The lowest BCUT2D eigenvalue weighted by atomic mass is 10.1. The molecule has 7 heteroatoms. The van der Waals surface area contributed by atoms with Crippen LogP contribution in [-0.4, -0.2) is 48.7 Å². The van der Waals surface area contributed by atoms with Crippen LogP contribution in [0.5, 0.6) is 0 Å². The molecule has 2 rings (SSSR count). The maximum atomic E-state index is 13.5. The van der Waals surface area contributed by atoms with Crippen molar-refractivity contribution in [1.82, 2.24) is 10.2 Å². The second-order valence-electron chi connectivity index (χ2n) is 5.25. The van der Waals surface area contributed by atoms with E-state index >= 15 is 0 Å². The zero-order valence-electron chi connectivity index (χ0n) is 11.7. The van der Waals surface area contributed by atoms with Crippen LogP contribution in [0.1, 0.15) is 16.8 Å². The number of aromatic carboxylic acids is 1. The van der Waals surface area contributed by atoms with E-state index in [1.54, 1.807) is 0 Å². The fraction of sp³-hybridized carbons (Fsp3) is 0.429. The molecule has 1 aliphatic rings. The van der Waals surface area contributed by atoms with Crippen molar-refractivity contribution < 1.29 is 19.1 Å². The first-order valence-corrected chi connectivity index (χ1v) is 6.72. The lowest BCUT2D eigenvalue weighted by Crippen LogP contribution is -2.33. The summed E-state index contributed by atoms with van der Waals surface area (Å²) in [5.41, 5.74) is -0.200. The molecule has 2 amide bonds. The molecule has 1 aliphatic heterocycles. The molecular weight excluding hydrogens is 277 g/mol. The van der Waals surface area contributed by atoms with Gasteiger partial charge in [0.1, 0.15) is 5.82 Å². The lowest BCUT2D eigenvalue weighted by molar-refractivity contribution is 0.0692. The summed E-state index contributed by atoms with van der Waals surface area (Å²) in [5, 5.41) is 13.9. The Labute approximate surface area is 121 Å². The predicted molar refractivity (Wildman–Crippen MR) is 76.0 cm³/mol. The molecule has 0 aliphatic carbocycles. The second-order valence-corrected chi connectivity index (χ2v) is 5.25. The Kier molecular flexibility index (Phi) is 4.74. The maximum absolute atomic E-state index is 13.5. The molecule has 1 fully saturated rings. The highest BCUT2D eigenvalue weighted by Crippen LogP contribution is 2.15. The van der Waals surface area contributed by atoms with Gasteiger partial charge in [0.25, 0.3) is 0 Å². The van der Waals surface area contributed by atoms with Gasteiger partial charge in [0.2, 0.25) is 0 Å². The highest BCUT2D eigenvalue weighted by molar-refractivity contribution is 5.91. The molecule has 21 heavy (non-hydrogen) atoms. The van der Waals surface area contributed by atoms with Crippen LogP contribution in [-0.2, 0) is 0 Å². The molecule has 0 radical (unpaired) electrons. The van der Waals surface area contributed by atoms with E-state index in [0.717, 1.165) is 31.6 Å². The largest absolute Gasteiger partial charge is 0.478 e. The van der Waals surface area contributed by atoms with Crippen molar-refractivity contribution in [1.29, 1.82) is 0 Å². The number of rotatable bonds is 4. The number of amides is 2. The molecule has 0 saturated carbocycles. The number of carbonyl (C=O) groups excluding carboxylic acids is 1. The molecule has 0 spiro atoms. The van der Waals surface area contributed by atoms with Crippen LogP contribution in [0.25, 0.3) is 0 Å². The van der Waals surface area contributed by atoms with Crippen LogP contribution in [0, 0.1) is 11.7 Å². The minimum atomic E-state index is -1.34. The predicted octanol–water partition coefficient (Wildman–Crippen LogP) is 1.60. The second kappa shape index (κ2) is 6.53. The molecule has 1 aromatic carbocycles. The minimum Gasteiger partial charge on any atom is -0.478 e. The first-order chi connectivity index (χ1) is 9.95. The van der Waals surface area contributed by atoms with E-state index in [1.807, 2.05) is 7.05 Å². The zero-order valence-corrected chi connectivity index (χ0v) is 11.7. The Morgan fingerprint density at radius 1 is 1.48 bits per heavy atom. The Balaban J connectivity index is 1.85. The topological polar surface area (TPSA) is 81.7 Å². The number of carboxylic acid groups (broad SMARTS) is 1.